The number of hydroxylamine groups is 1. The first-order valence-electron chi connectivity index (χ1n) is 3.45. The second kappa shape index (κ2) is 5.18. The molecule has 3 atom stereocenters. The van der Waals surface area contributed by atoms with Gasteiger partial charge in [-0.1, -0.05) is 0 Å². The van der Waals surface area contributed by atoms with Crippen LogP contribution in [0.1, 0.15) is 6.92 Å². The Morgan fingerprint density at radius 1 is 1.50 bits per heavy atom. The Bertz CT molecular complexity index is 149. The molecule has 0 saturated heterocycles. The molecule has 0 heterocycles. The SMILES string of the molecule is C[C@@H](O)[C@@H](NO)C(=O)[C@@H](O)CO. The fourth-order valence-corrected chi connectivity index (χ4v) is 0.706. The second-order valence-electron chi connectivity index (χ2n) is 2.45. The van der Waals surface area contributed by atoms with Crippen molar-refractivity contribution in [2.45, 2.75) is 25.2 Å². The molecule has 0 aromatic carbocycles. The first-order chi connectivity index (χ1) is 5.54. The van der Waals surface area contributed by atoms with Crippen LogP contribution in [0.15, 0.2) is 0 Å². The first kappa shape index (κ1) is 11.5. The van der Waals surface area contributed by atoms with Gasteiger partial charge in [0, 0.05) is 0 Å². The summed E-state index contributed by atoms with van der Waals surface area (Å²) in [6.45, 7) is 0.541. The molecule has 0 bridgehead atoms. The standard InChI is InChI=1S/C6H13NO5/c1-3(9)5(7-12)6(11)4(10)2-8/h3-5,7-10,12H,2H2,1H3/t3-,4+,5-/m1/s1. The molecule has 0 aromatic heterocycles. The fraction of sp³-hybridized carbons (Fsp3) is 0.833. The number of Topliss-reactive ketones (excluding diaryl/α,β-unsaturated/α-hetero) is 1. The molecule has 5 N–H and O–H groups in total. The highest BCUT2D eigenvalue weighted by Crippen LogP contribution is 1.97. The molecule has 12 heavy (non-hydrogen) atoms. The van der Waals surface area contributed by atoms with Crippen molar-refractivity contribution in [1.82, 2.24) is 5.48 Å². The Labute approximate surface area is 69.4 Å². The zero-order valence-electron chi connectivity index (χ0n) is 6.64. The summed E-state index contributed by atoms with van der Waals surface area (Å²) >= 11 is 0. The lowest BCUT2D eigenvalue weighted by molar-refractivity contribution is -0.137. The van der Waals surface area contributed by atoms with E-state index in [0.29, 0.717) is 0 Å². The van der Waals surface area contributed by atoms with Gasteiger partial charge in [-0.3, -0.25) is 4.79 Å². The Morgan fingerprint density at radius 3 is 2.25 bits per heavy atom. The van der Waals surface area contributed by atoms with Gasteiger partial charge in [0.2, 0.25) is 0 Å². The second-order valence-corrected chi connectivity index (χ2v) is 2.45. The summed E-state index contributed by atoms with van der Waals surface area (Å²) in [4.78, 5) is 11.0. The van der Waals surface area contributed by atoms with Crippen LogP contribution < -0.4 is 5.48 Å². The highest BCUT2D eigenvalue weighted by Gasteiger charge is 2.27. The molecular weight excluding hydrogens is 166 g/mol. The maximum atomic E-state index is 11.0. The minimum absolute atomic E-state index is 0.732. The van der Waals surface area contributed by atoms with Gasteiger partial charge in [0.05, 0.1) is 12.7 Å². The van der Waals surface area contributed by atoms with E-state index in [-0.39, 0.29) is 0 Å². The van der Waals surface area contributed by atoms with E-state index in [9.17, 15) is 4.79 Å². The summed E-state index contributed by atoms with van der Waals surface area (Å²) in [6.07, 6.45) is -2.71. The summed E-state index contributed by atoms with van der Waals surface area (Å²) in [7, 11) is 0. The number of ketones is 1. The van der Waals surface area contributed by atoms with Gasteiger partial charge in [-0.2, -0.15) is 5.48 Å². The highest BCUT2D eigenvalue weighted by atomic mass is 16.5. The van der Waals surface area contributed by atoms with Crippen molar-refractivity contribution in [3.8, 4) is 0 Å². The average molecular weight is 179 g/mol. The van der Waals surface area contributed by atoms with Crippen LogP contribution in [-0.4, -0.2) is 51.2 Å². The van der Waals surface area contributed by atoms with Crippen molar-refractivity contribution >= 4 is 5.78 Å². The van der Waals surface area contributed by atoms with Gasteiger partial charge in [0.15, 0.2) is 5.78 Å². The number of carbonyl (C=O) groups is 1. The number of hydrogen-bond donors (Lipinski definition) is 5. The topological polar surface area (TPSA) is 110 Å². The van der Waals surface area contributed by atoms with E-state index in [2.05, 4.69) is 0 Å². The molecule has 0 aliphatic carbocycles. The number of carbonyl (C=O) groups excluding carboxylic acids is 1. The van der Waals surface area contributed by atoms with Gasteiger partial charge in [-0.15, -0.1) is 0 Å². The Balaban J connectivity index is 4.21. The van der Waals surface area contributed by atoms with Crippen LogP contribution in [0, 0.1) is 0 Å². The third-order valence-corrected chi connectivity index (χ3v) is 1.43. The maximum Gasteiger partial charge on any atom is 0.185 e. The summed E-state index contributed by atoms with van der Waals surface area (Å²) in [6, 6.07) is -1.27. The Morgan fingerprint density at radius 2 is 2.00 bits per heavy atom. The Kier molecular flexibility index (Phi) is 4.95. The van der Waals surface area contributed by atoms with E-state index in [1.165, 1.54) is 6.92 Å². The summed E-state index contributed by atoms with van der Waals surface area (Å²) in [5, 5.41) is 34.5. The molecule has 6 heteroatoms. The van der Waals surface area contributed by atoms with Crippen LogP contribution >= 0.6 is 0 Å². The smallest absolute Gasteiger partial charge is 0.185 e. The van der Waals surface area contributed by atoms with Gasteiger partial charge in [-0.05, 0) is 6.92 Å². The summed E-state index contributed by atoms with van der Waals surface area (Å²) in [5.74, 6) is -0.852. The van der Waals surface area contributed by atoms with Crippen molar-refractivity contribution in [1.29, 1.82) is 0 Å². The van der Waals surface area contributed by atoms with Gasteiger partial charge in [0.25, 0.3) is 0 Å². The quantitative estimate of drug-likeness (QED) is 0.302. The van der Waals surface area contributed by atoms with Crippen LogP contribution in [0.2, 0.25) is 0 Å². The van der Waals surface area contributed by atoms with E-state index in [1.807, 2.05) is 0 Å². The maximum absolute atomic E-state index is 11.0. The van der Waals surface area contributed by atoms with Gasteiger partial charge in [0.1, 0.15) is 12.1 Å². The van der Waals surface area contributed by atoms with Crippen LogP contribution in [0.4, 0.5) is 0 Å². The fourth-order valence-electron chi connectivity index (χ4n) is 0.706. The molecule has 0 amide bonds. The van der Waals surface area contributed by atoms with Crippen molar-refractivity contribution in [3.63, 3.8) is 0 Å². The van der Waals surface area contributed by atoms with E-state index in [0.717, 1.165) is 0 Å². The van der Waals surface area contributed by atoms with Crippen molar-refractivity contribution in [2.24, 2.45) is 0 Å². The lowest BCUT2D eigenvalue weighted by atomic mass is 10.0. The van der Waals surface area contributed by atoms with Crippen LogP contribution in [-0.2, 0) is 4.79 Å². The monoisotopic (exact) mass is 179 g/mol. The minimum Gasteiger partial charge on any atom is -0.393 e. The van der Waals surface area contributed by atoms with Crippen LogP contribution in [0.3, 0.4) is 0 Å². The third kappa shape index (κ3) is 2.84. The lowest BCUT2D eigenvalue weighted by Crippen LogP contribution is -2.48. The number of rotatable bonds is 5. The molecule has 6 nitrogen and oxygen atoms in total. The third-order valence-electron chi connectivity index (χ3n) is 1.43. The molecule has 0 spiro atoms. The molecule has 0 saturated carbocycles. The molecule has 0 aliphatic rings. The number of hydrogen-bond acceptors (Lipinski definition) is 6. The van der Waals surface area contributed by atoms with E-state index in [1.54, 1.807) is 5.48 Å². The molecule has 0 aliphatic heterocycles. The van der Waals surface area contributed by atoms with Crippen molar-refractivity contribution < 1.29 is 25.3 Å². The zero-order valence-corrected chi connectivity index (χ0v) is 6.64. The van der Waals surface area contributed by atoms with Crippen LogP contribution in [0.5, 0.6) is 0 Å². The molecule has 0 fully saturated rings. The number of aliphatic hydroxyl groups is 3. The predicted octanol–water partition coefficient (Wildman–Crippen LogP) is -2.36. The largest absolute Gasteiger partial charge is 0.393 e. The molecular formula is C6H13NO5. The van der Waals surface area contributed by atoms with Gasteiger partial charge < -0.3 is 20.5 Å². The van der Waals surface area contributed by atoms with Crippen molar-refractivity contribution in [2.75, 3.05) is 6.61 Å². The van der Waals surface area contributed by atoms with Crippen molar-refractivity contribution in [3.05, 3.63) is 0 Å². The summed E-state index contributed by atoms with van der Waals surface area (Å²) < 4.78 is 0. The molecule has 0 aromatic rings. The average Bonchev–Trinajstić information content (AvgIpc) is 2.03. The minimum atomic E-state index is -1.58. The normalized spacial score (nSPS) is 18.4. The predicted molar refractivity (Wildman–Crippen MR) is 38.5 cm³/mol. The Hall–Kier alpha value is -0.530. The zero-order chi connectivity index (χ0) is 9.72. The highest BCUT2D eigenvalue weighted by molar-refractivity contribution is 5.88. The lowest BCUT2D eigenvalue weighted by Gasteiger charge is -2.18. The van der Waals surface area contributed by atoms with Crippen LogP contribution in [0.25, 0.3) is 0 Å². The molecule has 0 radical (unpaired) electrons. The van der Waals surface area contributed by atoms with E-state index in [4.69, 9.17) is 20.5 Å². The number of nitrogens with one attached hydrogen (secondary N) is 1. The summed E-state index contributed by atoms with van der Waals surface area (Å²) in [5.41, 5.74) is 1.55. The molecule has 72 valence electrons. The molecule has 0 unspecified atom stereocenters. The van der Waals surface area contributed by atoms with Gasteiger partial charge in [-0.25, -0.2) is 0 Å². The van der Waals surface area contributed by atoms with E-state index < -0.39 is 30.6 Å². The first-order valence-corrected chi connectivity index (χ1v) is 3.45. The van der Waals surface area contributed by atoms with E-state index >= 15 is 0 Å². The molecule has 0 rings (SSSR count). The van der Waals surface area contributed by atoms with Gasteiger partial charge >= 0.3 is 0 Å². The number of aliphatic hydroxyl groups excluding tert-OH is 3.